The van der Waals surface area contributed by atoms with E-state index in [4.69, 9.17) is 9.47 Å². The third kappa shape index (κ3) is 5.53. The fourth-order valence-corrected chi connectivity index (χ4v) is 2.92. The first-order valence-corrected chi connectivity index (χ1v) is 8.37. The monoisotopic (exact) mass is 331 g/mol. The van der Waals surface area contributed by atoms with Crippen LogP contribution in [0, 0.1) is 0 Å². The number of benzene rings is 2. The van der Waals surface area contributed by atoms with E-state index >= 15 is 0 Å². The molecule has 2 aromatic carbocycles. The first-order valence-electron chi connectivity index (χ1n) is 7.38. The van der Waals surface area contributed by atoms with Gasteiger partial charge in [-0.05, 0) is 30.3 Å². The molecule has 2 rings (SSSR count). The number of methoxy groups -OCH3 is 2. The first-order chi connectivity index (χ1) is 11.2. The number of rotatable bonds is 8. The predicted molar refractivity (Wildman–Crippen MR) is 93.2 cm³/mol. The molecule has 0 atom stereocenters. The van der Waals surface area contributed by atoms with Crippen molar-refractivity contribution in [1.29, 1.82) is 0 Å². The average molecular weight is 331 g/mol. The first kappa shape index (κ1) is 17.2. The maximum atomic E-state index is 11.9. The van der Waals surface area contributed by atoms with Gasteiger partial charge in [0.25, 0.3) is 0 Å². The number of carbonyl (C=O) groups excluding carboxylic acids is 1. The fourth-order valence-electron chi connectivity index (χ4n) is 2.06. The van der Waals surface area contributed by atoms with Crippen molar-refractivity contribution in [1.82, 2.24) is 5.32 Å². The molecule has 1 N–H and O–H groups in total. The number of thioether (sulfide) groups is 1. The Morgan fingerprint density at radius 1 is 1.04 bits per heavy atom. The Hall–Kier alpha value is -2.14. The number of hydrogen-bond donors (Lipinski definition) is 1. The normalized spacial score (nSPS) is 10.2. The van der Waals surface area contributed by atoms with Gasteiger partial charge in [0, 0.05) is 29.2 Å². The highest BCUT2D eigenvalue weighted by molar-refractivity contribution is 7.99. The van der Waals surface area contributed by atoms with Gasteiger partial charge in [0.05, 0.1) is 14.2 Å². The molecule has 0 saturated carbocycles. The van der Waals surface area contributed by atoms with Gasteiger partial charge in [-0.2, -0.15) is 0 Å². The molecule has 0 heterocycles. The van der Waals surface area contributed by atoms with Crippen molar-refractivity contribution < 1.29 is 14.3 Å². The number of hydrogen-bond acceptors (Lipinski definition) is 4. The standard InChI is InChI=1S/C18H21NO3S/c1-21-15-7-9-16(10-8-15)23-12-11-18(20)19-13-14-5-3-4-6-17(14)22-2/h3-10H,11-13H2,1-2H3,(H,19,20). The van der Waals surface area contributed by atoms with E-state index in [0.717, 1.165) is 27.7 Å². The lowest BCUT2D eigenvalue weighted by Gasteiger charge is -2.09. The molecule has 5 heteroatoms. The van der Waals surface area contributed by atoms with E-state index in [1.807, 2.05) is 48.5 Å². The summed E-state index contributed by atoms with van der Waals surface area (Å²) in [6.07, 6.45) is 0.478. The van der Waals surface area contributed by atoms with E-state index in [2.05, 4.69) is 5.32 Å². The van der Waals surface area contributed by atoms with Crippen LogP contribution in [-0.4, -0.2) is 25.9 Å². The number of carbonyl (C=O) groups is 1. The van der Waals surface area contributed by atoms with Crippen LogP contribution in [0.15, 0.2) is 53.4 Å². The minimum Gasteiger partial charge on any atom is -0.497 e. The van der Waals surface area contributed by atoms with Crippen molar-refractivity contribution in [2.45, 2.75) is 17.9 Å². The molecule has 4 nitrogen and oxygen atoms in total. The van der Waals surface area contributed by atoms with Crippen LogP contribution >= 0.6 is 11.8 Å². The number of nitrogens with one attached hydrogen (secondary N) is 1. The van der Waals surface area contributed by atoms with E-state index < -0.39 is 0 Å². The summed E-state index contributed by atoms with van der Waals surface area (Å²) in [6, 6.07) is 15.5. The second-order valence-electron chi connectivity index (χ2n) is 4.86. The third-order valence-electron chi connectivity index (χ3n) is 3.33. The molecule has 0 saturated heterocycles. The quantitative estimate of drug-likeness (QED) is 0.752. The molecule has 0 spiro atoms. The zero-order valence-electron chi connectivity index (χ0n) is 13.4. The lowest BCUT2D eigenvalue weighted by atomic mass is 10.2. The van der Waals surface area contributed by atoms with Crippen LogP contribution in [0.3, 0.4) is 0 Å². The van der Waals surface area contributed by atoms with Crippen LogP contribution in [0.1, 0.15) is 12.0 Å². The van der Waals surface area contributed by atoms with Crippen LogP contribution in [0.25, 0.3) is 0 Å². The second kappa shape index (κ2) is 9.10. The lowest BCUT2D eigenvalue weighted by molar-refractivity contribution is -0.120. The van der Waals surface area contributed by atoms with Gasteiger partial charge >= 0.3 is 0 Å². The summed E-state index contributed by atoms with van der Waals surface area (Å²) in [5.41, 5.74) is 0.978. The van der Waals surface area contributed by atoms with Gasteiger partial charge in [-0.15, -0.1) is 11.8 Å². The molecule has 122 valence electrons. The highest BCUT2D eigenvalue weighted by Gasteiger charge is 2.05. The summed E-state index contributed by atoms with van der Waals surface area (Å²) in [6.45, 7) is 0.482. The molecular formula is C18H21NO3S. The summed E-state index contributed by atoms with van der Waals surface area (Å²) in [4.78, 5) is 13.0. The Morgan fingerprint density at radius 2 is 1.78 bits per heavy atom. The molecule has 1 amide bonds. The summed E-state index contributed by atoms with van der Waals surface area (Å²) >= 11 is 1.66. The summed E-state index contributed by atoms with van der Waals surface area (Å²) < 4.78 is 10.4. The SMILES string of the molecule is COc1ccc(SCCC(=O)NCc2ccccc2OC)cc1. The molecule has 0 aliphatic rings. The Labute approximate surface area is 141 Å². The largest absolute Gasteiger partial charge is 0.497 e. The van der Waals surface area contributed by atoms with E-state index in [-0.39, 0.29) is 5.91 Å². The van der Waals surface area contributed by atoms with Gasteiger partial charge in [0.2, 0.25) is 5.91 Å². The van der Waals surface area contributed by atoms with Crippen LogP contribution in [-0.2, 0) is 11.3 Å². The van der Waals surface area contributed by atoms with E-state index in [0.29, 0.717) is 13.0 Å². The number of amides is 1. The van der Waals surface area contributed by atoms with Gasteiger partial charge in [0.1, 0.15) is 11.5 Å². The lowest BCUT2D eigenvalue weighted by Crippen LogP contribution is -2.23. The van der Waals surface area contributed by atoms with Crippen LogP contribution in [0.5, 0.6) is 11.5 Å². The molecule has 0 bridgehead atoms. The van der Waals surface area contributed by atoms with Crippen molar-refractivity contribution >= 4 is 17.7 Å². The van der Waals surface area contributed by atoms with Gasteiger partial charge in [-0.25, -0.2) is 0 Å². The van der Waals surface area contributed by atoms with Gasteiger partial charge in [0.15, 0.2) is 0 Å². The highest BCUT2D eigenvalue weighted by atomic mass is 32.2. The Balaban J connectivity index is 1.72. The molecule has 0 aliphatic carbocycles. The molecule has 23 heavy (non-hydrogen) atoms. The Kier molecular flexibility index (Phi) is 6.81. The van der Waals surface area contributed by atoms with Crippen LogP contribution in [0.4, 0.5) is 0 Å². The molecular weight excluding hydrogens is 310 g/mol. The smallest absolute Gasteiger partial charge is 0.221 e. The van der Waals surface area contributed by atoms with E-state index in [1.165, 1.54) is 0 Å². The van der Waals surface area contributed by atoms with Gasteiger partial charge in [-0.1, -0.05) is 18.2 Å². The van der Waals surface area contributed by atoms with Crippen molar-refractivity contribution in [3.8, 4) is 11.5 Å². The van der Waals surface area contributed by atoms with Crippen molar-refractivity contribution in [3.63, 3.8) is 0 Å². The van der Waals surface area contributed by atoms with Crippen LogP contribution in [0.2, 0.25) is 0 Å². The van der Waals surface area contributed by atoms with Crippen molar-refractivity contribution in [2.75, 3.05) is 20.0 Å². The second-order valence-corrected chi connectivity index (χ2v) is 6.03. The molecule has 0 aromatic heterocycles. The summed E-state index contributed by atoms with van der Waals surface area (Å²) in [5.74, 6) is 2.41. The van der Waals surface area contributed by atoms with Gasteiger partial charge < -0.3 is 14.8 Å². The van der Waals surface area contributed by atoms with Gasteiger partial charge in [-0.3, -0.25) is 4.79 Å². The molecule has 0 unspecified atom stereocenters. The molecule has 2 aromatic rings. The number of ether oxygens (including phenoxy) is 2. The van der Waals surface area contributed by atoms with Crippen molar-refractivity contribution in [3.05, 3.63) is 54.1 Å². The fraction of sp³-hybridized carbons (Fsp3) is 0.278. The molecule has 0 fully saturated rings. The average Bonchev–Trinajstić information content (AvgIpc) is 2.60. The van der Waals surface area contributed by atoms with E-state index in [1.54, 1.807) is 26.0 Å². The highest BCUT2D eigenvalue weighted by Crippen LogP contribution is 2.22. The zero-order valence-corrected chi connectivity index (χ0v) is 14.2. The van der Waals surface area contributed by atoms with Crippen molar-refractivity contribution in [2.24, 2.45) is 0 Å². The topological polar surface area (TPSA) is 47.6 Å². The number of para-hydroxylation sites is 1. The summed E-state index contributed by atoms with van der Waals surface area (Å²) in [5, 5.41) is 2.93. The van der Waals surface area contributed by atoms with E-state index in [9.17, 15) is 4.79 Å². The Morgan fingerprint density at radius 3 is 2.48 bits per heavy atom. The minimum atomic E-state index is 0.0388. The third-order valence-corrected chi connectivity index (χ3v) is 4.34. The van der Waals surface area contributed by atoms with Crippen LogP contribution < -0.4 is 14.8 Å². The maximum Gasteiger partial charge on any atom is 0.221 e. The molecule has 0 aliphatic heterocycles. The Bertz CT molecular complexity index is 628. The maximum absolute atomic E-state index is 11.9. The minimum absolute atomic E-state index is 0.0388. The molecule has 0 radical (unpaired) electrons. The summed E-state index contributed by atoms with van der Waals surface area (Å²) in [7, 11) is 3.28. The predicted octanol–water partition coefficient (Wildman–Crippen LogP) is 3.50. The zero-order chi connectivity index (χ0) is 16.5.